The molecule has 0 aliphatic carbocycles. The molecule has 2 aromatic heterocycles. The maximum Gasteiger partial charge on any atom is 0.263 e. The minimum atomic E-state index is -1.01. The maximum absolute atomic E-state index is 13.4. The Bertz CT molecular complexity index is 2530. The van der Waals surface area contributed by atoms with Gasteiger partial charge in [0.25, 0.3) is 17.7 Å². The SMILES string of the molecule is O=C(/C=C/c1cccnc1)NCCCCC1CCN(C(=O)c2ccc(N3CCC(N4CCN(C(=O)COCCOCCOCCOCCOCCSc5cccc6c5C(=O)N(C5CCC(=O)NC5=O)C6=O)CC4)CC3)nc2)CC1. The second-order valence-electron chi connectivity index (χ2n) is 20.2. The van der Waals surface area contributed by atoms with E-state index in [4.69, 9.17) is 28.7 Å². The molecule has 1 unspecified atom stereocenters. The Kier molecular flexibility index (Phi) is 23.2. The average molecular weight is 1110 g/mol. The molecule has 1 aromatic carbocycles. The van der Waals surface area contributed by atoms with Crippen LogP contribution in [0.3, 0.4) is 0 Å². The number of thioether (sulfide) groups is 1. The highest BCUT2D eigenvalue weighted by Gasteiger charge is 2.45. The fourth-order valence-corrected chi connectivity index (χ4v) is 11.5. The summed E-state index contributed by atoms with van der Waals surface area (Å²) in [5.41, 5.74) is 2.05. The zero-order chi connectivity index (χ0) is 55.2. The highest BCUT2D eigenvalue weighted by atomic mass is 32.2. The van der Waals surface area contributed by atoms with E-state index in [2.05, 4.69) is 25.4 Å². The summed E-state index contributed by atoms with van der Waals surface area (Å²) in [5, 5.41) is 5.17. The van der Waals surface area contributed by atoms with Crippen LogP contribution in [0.15, 0.2) is 72.0 Å². The summed E-state index contributed by atoms with van der Waals surface area (Å²) in [6.07, 6.45) is 15.7. The number of hydrogen-bond acceptors (Lipinski definition) is 17. The van der Waals surface area contributed by atoms with E-state index in [0.717, 1.165) is 100 Å². The van der Waals surface area contributed by atoms with Crippen LogP contribution in [0.5, 0.6) is 0 Å². The summed E-state index contributed by atoms with van der Waals surface area (Å²) in [6, 6.07) is 12.1. The molecule has 8 rings (SSSR count). The number of likely N-dealkylation sites (tertiary alicyclic amines) is 1. The monoisotopic (exact) mass is 1110 g/mol. The van der Waals surface area contributed by atoms with Gasteiger partial charge < -0.3 is 43.7 Å². The second-order valence-corrected chi connectivity index (χ2v) is 21.3. The molecule has 0 radical (unpaired) electrons. The quantitative estimate of drug-likeness (QED) is 0.0437. The van der Waals surface area contributed by atoms with Crippen molar-refractivity contribution in [3.63, 3.8) is 0 Å². The number of hydrogen-bond donors (Lipinski definition) is 2. The number of nitrogens with one attached hydrogen (secondary N) is 2. The van der Waals surface area contributed by atoms with Gasteiger partial charge in [0.15, 0.2) is 0 Å². The van der Waals surface area contributed by atoms with Gasteiger partial charge in [-0.25, -0.2) is 4.98 Å². The number of imide groups is 2. The van der Waals surface area contributed by atoms with Gasteiger partial charge in [-0.2, -0.15) is 0 Å². The molecule has 22 heteroatoms. The van der Waals surface area contributed by atoms with Gasteiger partial charge >= 0.3 is 0 Å². The summed E-state index contributed by atoms with van der Waals surface area (Å²) >= 11 is 1.39. The van der Waals surface area contributed by atoms with E-state index in [1.165, 1.54) is 11.8 Å². The zero-order valence-electron chi connectivity index (χ0n) is 45.1. The first-order valence-electron chi connectivity index (χ1n) is 27.9. The van der Waals surface area contributed by atoms with Gasteiger partial charge in [-0.15, -0.1) is 11.8 Å². The predicted octanol–water partition coefficient (Wildman–Crippen LogP) is 3.72. The van der Waals surface area contributed by atoms with Crippen molar-refractivity contribution in [3.8, 4) is 0 Å². The largest absolute Gasteiger partial charge is 0.378 e. The van der Waals surface area contributed by atoms with Crippen LogP contribution in [-0.4, -0.2) is 214 Å². The number of aromatic nitrogens is 2. The first-order valence-corrected chi connectivity index (χ1v) is 28.9. The minimum absolute atomic E-state index is 0.00901. The Morgan fingerprint density at radius 1 is 0.709 bits per heavy atom. The number of pyridine rings is 2. The van der Waals surface area contributed by atoms with Gasteiger partial charge in [0.1, 0.15) is 18.5 Å². The molecule has 21 nitrogen and oxygen atoms in total. The molecule has 7 heterocycles. The number of carbonyl (C=O) groups is 7. The minimum Gasteiger partial charge on any atom is -0.378 e. The third-order valence-corrected chi connectivity index (χ3v) is 16.0. The number of carbonyl (C=O) groups excluding carboxylic acids is 7. The van der Waals surface area contributed by atoms with Crippen LogP contribution in [0.4, 0.5) is 5.82 Å². The van der Waals surface area contributed by atoms with Crippen molar-refractivity contribution in [2.24, 2.45) is 5.92 Å². The van der Waals surface area contributed by atoms with Gasteiger partial charge in [-0.3, -0.25) is 53.7 Å². The van der Waals surface area contributed by atoms with Crippen molar-refractivity contribution in [2.75, 3.05) is 136 Å². The van der Waals surface area contributed by atoms with E-state index in [9.17, 15) is 33.6 Å². The lowest BCUT2D eigenvalue weighted by atomic mass is 9.91. The van der Waals surface area contributed by atoms with Gasteiger partial charge in [0.05, 0.1) is 76.2 Å². The smallest absolute Gasteiger partial charge is 0.263 e. The van der Waals surface area contributed by atoms with Crippen LogP contribution in [0.1, 0.15) is 94.4 Å². The predicted molar refractivity (Wildman–Crippen MR) is 294 cm³/mol. The highest BCUT2D eigenvalue weighted by Crippen LogP contribution is 2.34. The Morgan fingerprint density at radius 2 is 1.42 bits per heavy atom. The molecular weight excluding hydrogens is 1030 g/mol. The topological polar surface area (TPSA) is 232 Å². The Labute approximate surface area is 466 Å². The van der Waals surface area contributed by atoms with Gasteiger partial charge in [0.2, 0.25) is 23.6 Å². The third kappa shape index (κ3) is 17.4. The number of fused-ring (bicyclic) bond motifs is 1. The molecule has 7 amide bonds. The lowest BCUT2D eigenvalue weighted by Crippen LogP contribution is -2.55. The van der Waals surface area contributed by atoms with E-state index in [-0.39, 0.29) is 48.3 Å². The van der Waals surface area contributed by atoms with Gasteiger partial charge in [0, 0.05) is 107 Å². The number of benzene rings is 1. The molecule has 2 N–H and O–H groups in total. The van der Waals surface area contributed by atoms with Crippen LogP contribution >= 0.6 is 11.8 Å². The average Bonchev–Trinajstić information content (AvgIpc) is 3.97. The van der Waals surface area contributed by atoms with Crippen molar-refractivity contribution >= 4 is 65.0 Å². The summed E-state index contributed by atoms with van der Waals surface area (Å²) in [7, 11) is 0. The van der Waals surface area contributed by atoms with E-state index in [1.807, 2.05) is 34.1 Å². The third-order valence-electron chi connectivity index (χ3n) is 14.9. The van der Waals surface area contributed by atoms with Gasteiger partial charge in [-0.05, 0) is 86.4 Å². The summed E-state index contributed by atoms with van der Waals surface area (Å²) in [5.74, 6) is -0.144. The summed E-state index contributed by atoms with van der Waals surface area (Å²) in [4.78, 5) is 108. The standard InChI is InChI=1S/C57H75N9O12S/c67-50(13-9-43-6-4-19-58-39-43)59-20-2-1-5-42-15-21-65(22-16-42)55(71)44-10-12-49(60-40-44)63-23-17-45(18-24-63)62-25-27-64(28-26-62)52(69)41-78-36-35-76-32-31-74-29-30-75-33-34-77-37-38-79-48-8-3-7-46-53(48)57(73)66(56(46)72)47-11-14-51(68)61-54(47)70/h3-4,6-10,12-13,19,39-40,42,45,47H,1-2,5,11,14-18,20-38,41H2,(H,59,67)(H,61,68,70)/b13-9+. The normalized spacial score (nSPS) is 18.7. The first kappa shape index (κ1) is 59.0. The fourth-order valence-electron chi connectivity index (χ4n) is 10.5. The fraction of sp³-hybridized carbons (Fsp3) is 0.561. The summed E-state index contributed by atoms with van der Waals surface area (Å²) < 4.78 is 28.1. The summed E-state index contributed by atoms with van der Waals surface area (Å²) in [6.45, 7) is 10.4. The Balaban J connectivity index is 0.581. The highest BCUT2D eigenvalue weighted by molar-refractivity contribution is 7.99. The van der Waals surface area contributed by atoms with Crippen LogP contribution in [0, 0.1) is 5.92 Å². The lowest BCUT2D eigenvalue weighted by Gasteiger charge is -2.43. The lowest BCUT2D eigenvalue weighted by molar-refractivity contribution is -0.139. The van der Waals surface area contributed by atoms with Crippen molar-refractivity contribution in [3.05, 3.63) is 89.4 Å². The van der Waals surface area contributed by atoms with Crippen molar-refractivity contribution in [2.45, 2.75) is 74.8 Å². The van der Waals surface area contributed by atoms with Crippen LogP contribution in [-0.2, 0) is 42.9 Å². The van der Waals surface area contributed by atoms with E-state index in [0.29, 0.717) is 107 Å². The number of unbranched alkanes of at least 4 members (excludes halogenated alkanes) is 1. The van der Waals surface area contributed by atoms with E-state index >= 15 is 0 Å². The molecule has 79 heavy (non-hydrogen) atoms. The molecule has 426 valence electrons. The van der Waals surface area contributed by atoms with E-state index in [1.54, 1.807) is 48.9 Å². The number of rotatable bonds is 29. The molecular formula is C57H75N9O12S. The van der Waals surface area contributed by atoms with Gasteiger partial charge in [-0.1, -0.05) is 25.0 Å². The molecule has 5 aliphatic heterocycles. The molecule has 5 aliphatic rings. The molecule has 0 bridgehead atoms. The second kappa shape index (κ2) is 31.0. The number of amides is 7. The van der Waals surface area contributed by atoms with Crippen molar-refractivity contribution < 1.29 is 57.2 Å². The van der Waals surface area contributed by atoms with Crippen LogP contribution in [0.25, 0.3) is 6.08 Å². The molecule has 0 spiro atoms. The molecule has 4 saturated heterocycles. The molecule has 4 fully saturated rings. The van der Waals surface area contributed by atoms with E-state index < -0.39 is 29.7 Å². The first-order chi connectivity index (χ1) is 38.6. The Morgan fingerprint density at radius 3 is 2.09 bits per heavy atom. The van der Waals surface area contributed by atoms with Crippen molar-refractivity contribution in [1.82, 2.24) is 40.2 Å². The number of nitrogens with zero attached hydrogens (tertiary/aromatic N) is 7. The number of piperazine rings is 1. The molecule has 1 atom stereocenters. The van der Waals surface area contributed by atoms with Crippen LogP contribution in [0.2, 0.25) is 0 Å². The molecule has 3 aromatic rings. The maximum atomic E-state index is 13.4. The number of piperidine rings is 3. The Hall–Kier alpha value is -6.14. The number of anilines is 1. The zero-order valence-corrected chi connectivity index (χ0v) is 45.9. The molecule has 0 saturated carbocycles. The number of ether oxygens (including phenoxy) is 5. The van der Waals surface area contributed by atoms with Crippen LogP contribution < -0.4 is 15.5 Å². The van der Waals surface area contributed by atoms with Crippen molar-refractivity contribution in [1.29, 1.82) is 0 Å².